The number of hydrogen-bond donors (Lipinski definition) is 2. The first-order valence-electron chi connectivity index (χ1n) is 7.18. The molecule has 0 aromatic rings. The third kappa shape index (κ3) is 10.9. The molecule has 0 aromatic heterocycles. The van der Waals surface area contributed by atoms with Gasteiger partial charge in [-0.15, -0.1) is 0 Å². The van der Waals surface area contributed by atoms with Crippen molar-refractivity contribution >= 4 is 18.5 Å². The Morgan fingerprint density at radius 1 is 1.33 bits per heavy atom. The number of thiol groups is 1. The molecule has 3 nitrogen and oxygen atoms in total. The molecule has 2 atom stereocenters. The normalized spacial score (nSPS) is 13.3. The van der Waals surface area contributed by atoms with Crippen molar-refractivity contribution in [2.75, 3.05) is 6.54 Å². The van der Waals surface area contributed by atoms with Gasteiger partial charge in [0.15, 0.2) is 0 Å². The van der Waals surface area contributed by atoms with Crippen LogP contribution in [-0.2, 0) is 4.79 Å². The Hall–Kier alpha value is -0.220. The molecule has 0 aliphatic heterocycles. The molecule has 0 saturated heterocycles. The van der Waals surface area contributed by atoms with Gasteiger partial charge in [0, 0.05) is 18.2 Å². The van der Waals surface area contributed by atoms with E-state index >= 15 is 0 Å². The first-order valence-corrected chi connectivity index (χ1v) is 7.70. The summed E-state index contributed by atoms with van der Waals surface area (Å²) in [7, 11) is 0. The Bertz CT molecular complexity index is 200. The number of unbranched alkanes of at least 4 members (excludes halogenated alkanes) is 1. The average molecular weight is 277 g/mol. The van der Waals surface area contributed by atoms with E-state index in [0.29, 0.717) is 18.9 Å². The minimum absolute atomic E-state index is 0.0544. The van der Waals surface area contributed by atoms with Gasteiger partial charge < -0.3 is 0 Å². The predicted molar refractivity (Wildman–Crippen MR) is 81.2 cm³/mol. The molecule has 110 valence electrons. The van der Waals surface area contributed by atoms with E-state index in [9.17, 15) is 10.0 Å². The Morgan fingerprint density at radius 2 is 1.89 bits per heavy atom. The lowest BCUT2D eigenvalue weighted by molar-refractivity contribution is -0.165. The number of amides is 1. The maximum Gasteiger partial charge on any atom is 0.247 e. The average Bonchev–Trinajstić information content (AvgIpc) is 2.37. The summed E-state index contributed by atoms with van der Waals surface area (Å²) in [6.07, 6.45) is 4.16. The number of hydrogen-bond acceptors (Lipinski definition) is 3. The lowest BCUT2D eigenvalue weighted by Crippen LogP contribution is -2.30. The molecule has 0 aromatic carbocycles. The molecule has 0 bridgehead atoms. The van der Waals surface area contributed by atoms with Gasteiger partial charge in [0.1, 0.15) is 0 Å². The highest BCUT2D eigenvalue weighted by atomic mass is 32.1. The van der Waals surface area contributed by atoms with Crippen molar-refractivity contribution in [1.29, 1.82) is 0 Å². The highest BCUT2D eigenvalue weighted by Gasteiger charge is 2.16. The number of hydroxylamine groups is 2. The largest absolute Gasteiger partial charge is 0.286 e. The number of rotatable bonds is 8. The maximum atomic E-state index is 11.6. The zero-order valence-electron chi connectivity index (χ0n) is 12.6. The summed E-state index contributed by atoms with van der Waals surface area (Å²) >= 11 is 4.39. The van der Waals surface area contributed by atoms with Crippen LogP contribution >= 0.6 is 12.6 Å². The van der Waals surface area contributed by atoms with Crippen molar-refractivity contribution in [3.8, 4) is 0 Å². The lowest BCUT2D eigenvalue weighted by atomic mass is 10.0. The number of carbonyl (C=O) groups is 1. The van der Waals surface area contributed by atoms with Crippen LogP contribution in [0.4, 0.5) is 0 Å². The first kappa shape index (κ1) is 20.1. The fourth-order valence-corrected chi connectivity index (χ4v) is 1.97. The number of carbonyl (C=O) groups excluding carboxylic acids is 1. The quantitative estimate of drug-likeness (QED) is 0.397. The molecule has 0 saturated carbocycles. The van der Waals surface area contributed by atoms with Gasteiger partial charge in [-0.2, -0.15) is 12.6 Å². The van der Waals surface area contributed by atoms with Gasteiger partial charge in [-0.1, -0.05) is 47.5 Å². The molecule has 0 heterocycles. The molecular formula is C14H31NO2S. The Labute approximate surface area is 118 Å². The van der Waals surface area contributed by atoms with Crippen LogP contribution in [0.5, 0.6) is 0 Å². The minimum Gasteiger partial charge on any atom is -0.286 e. The summed E-state index contributed by atoms with van der Waals surface area (Å²) in [5.41, 5.74) is 0. The second kappa shape index (κ2) is 13.2. The fraction of sp³-hybridized carbons (Fsp3) is 0.929. The van der Waals surface area contributed by atoms with Gasteiger partial charge in [-0.25, -0.2) is 5.06 Å². The molecule has 0 aliphatic rings. The first-order chi connectivity index (χ1) is 8.51. The maximum absolute atomic E-state index is 11.6. The predicted octanol–water partition coefficient (Wildman–Crippen LogP) is 4.16. The number of nitrogens with zero attached hydrogens (tertiary/aromatic N) is 1. The highest BCUT2D eigenvalue weighted by molar-refractivity contribution is 7.81. The molecule has 0 radical (unpaired) electrons. The molecule has 0 rings (SSSR count). The highest BCUT2D eigenvalue weighted by Crippen LogP contribution is 2.17. The zero-order valence-corrected chi connectivity index (χ0v) is 13.5. The smallest absolute Gasteiger partial charge is 0.247 e. The van der Waals surface area contributed by atoms with Crippen LogP contribution in [0.25, 0.3) is 0 Å². The lowest BCUT2D eigenvalue weighted by Gasteiger charge is -2.18. The summed E-state index contributed by atoms with van der Waals surface area (Å²) in [4.78, 5) is 11.6. The summed E-state index contributed by atoms with van der Waals surface area (Å²) in [6.45, 7) is 10.7. The molecule has 1 N–H and O–H groups in total. The van der Waals surface area contributed by atoms with E-state index in [1.165, 1.54) is 0 Å². The van der Waals surface area contributed by atoms with E-state index in [0.717, 1.165) is 30.7 Å². The molecular weight excluding hydrogens is 246 g/mol. The topological polar surface area (TPSA) is 40.5 Å². The van der Waals surface area contributed by atoms with Crippen LogP contribution < -0.4 is 0 Å². The molecule has 18 heavy (non-hydrogen) atoms. The minimum atomic E-state index is -0.211. The van der Waals surface area contributed by atoms with Crippen LogP contribution in [0.1, 0.15) is 66.7 Å². The molecule has 0 spiro atoms. The van der Waals surface area contributed by atoms with Gasteiger partial charge in [0.2, 0.25) is 5.91 Å². The standard InChI is InChI=1S/C12H25NO2S.C2H6/c1-4-6-7-13(15)12(14)9-11(16)8-10(3)5-2;1-2/h10-11,15-16H,4-9H2,1-3H3;1-2H3. The molecule has 2 unspecified atom stereocenters. The van der Waals surface area contributed by atoms with Crippen molar-refractivity contribution in [1.82, 2.24) is 5.06 Å². The van der Waals surface area contributed by atoms with Gasteiger partial charge in [0.25, 0.3) is 0 Å². The van der Waals surface area contributed by atoms with Crippen molar-refractivity contribution in [2.45, 2.75) is 72.0 Å². The van der Waals surface area contributed by atoms with E-state index in [-0.39, 0.29) is 11.2 Å². The molecule has 0 fully saturated rings. The summed E-state index contributed by atoms with van der Waals surface area (Å²) in [5, 5.41) is 10.3. The Kier molecular flexibility index (Phi) is 14.8. The Morgan fingerprint density at radius 3 is 2.33 bits per heavy atom. The van der Waals surface area contributed by atoms with Crippen molar-refractivity contribution in [3.63, 3.8) is 0 Å². The SMILES string of the molecule is CC.CCCCN(O)C(=O)CC(S)CC(C)CC. The van der Waals surface area contributed by atoms with E-state index < -0.39 is 0 Å². The van der Waals surface area contributed by atoms with Gasteiger partial charge in [-0.05, 0) is 18.8 Å². The molecule has 1 amide bonds. The van der Waals surface area contributed by atoms with Crippen molar-refractivity contribution < 1.29 is 10.0 Å². The van der Waals surface area contributed by atoms with Crippen LogP contribution in [0.3, 0.4) is 0 Å². The molecule has 4 heteroatoms. The third-order valence-electron chi connectivity index (χ3n) is 2.79. The van der Waals surface area contributed by atoms with E-state index in [1.54, 1.807) is 0 Å². The summed E-state index contributed by atoms with van der Waals surface area (Å²) in [5.74, 6) is 0.370. The van der Waals surface area contributed by atoms with Crippen LogP contribution in [0.2, 0.25) is 0 Å². The van der Waals surface area contributed by atoms with E-state index in [2.05, 4.69) is 26.5 Å². The molecule has 0 aliphatic carbocycles. The zero-order chi connectivity index (χ0) is 14.6. The van der Waals surface area contributed by atoms with Crippen molar-refractivity contribution in [2.24, 2.45) is 5.92 Å². The Balaban J connectivity index is 0. The second-order valence-corrected chi connectivity index (χ2v) is 5.21. The third-order valence-corrected chi connectivity index (χ3v) is 3.19. The monoisotopic (exact) mass is 277 g/mol. The van der Waals surface area contributed by atoms with Crippen LogP contribution in [0, 0.1) is 5.92 Å². The van der Waals surface area contributed by atoms with Crippen LogP contribution in [0.15, 0.2) is 0 Å². The summed E-state index contributed by atoms with van der Waals surface area (Å²) in [6, 6.07) is 0. The van der Waals surface area contributed by atoms with Gasteiger partial charge in [-0.3, -0.25) is 10.0 Å². The fourth-order valence-electron chi connectivity index (χ4n) is 1.45. The van der Waals surface area contributed by atoms with Crippen LogP contribution in [-0.4, -0.2) is 28.0 Å². The van der Waals surface area contributed by atoms with E-state index in [1.807, 2.05) is 20.8 Å². The van der Waals surface area contributed by atoms with Gasteiger partial charge in [0.05, 0.1) is 0 Å². The second-order valence-electron chi connectivity index (χ2n) is 4.48. The summed E-state index contributed by atoms with van der Waals surface area (Å²) < 4.78 is 0. The van der Waals surface area contributed by atoms with E-state index in [4.69, 9.17) is 0 Å². The van der Waals surface area contributed by atoms with Gasteiger partial charge >= 0.3 is 0 Å². The van der Waals surface area contributed by atoms with Crippen molar-refractivity contribution in [3.05, 3.63) is 0 Å².